The van der Waals surface area contributed by atoms with Crippen molar-refractivity contribution in [3.8, 4) is 0 Å². The summed E-state index contributed by atoms with van der Waals surface area (Å²) in [6.07, 6.45) is 94.7. The predicted molar refractivity (Wildman–Crippen MR) is 362 cm³/mol. The van der Waals surface area contributed by atoms with E-state index in [1.165, 1.54) is 225 Å². The summed E-state index contributed by atoms with van der Waals surface area (Å²) in [5.74, 6) is -0.882. The molecule has 0 aromatic heterocycles. The summed E-state index contributed by atoms with van der Waals surface area (Å²) in [6, 6.07) is 0. The number of rotatable bonds is 66. The van der Waals surface area contributed by atoms with Crippen molar-refractivity contribution < 1.29 is 28.6 Å². The number of allylic oxidation sites excluding steroid dienone is 14. The Kier molecular flexibility index (Phi) is 68.2. The van der Waals surface area contributed by atoms with Crippen LogP contribution in [0, 0.1) is 0 Å². The van der Waals surface area contributed by atoms with E-state index in [2.05, 4.69) is 106 Å². The smallest absolute Gasteiger partial charge is 0.306 e. The lowest BCUT2D eigenvalue weighted by molar-refractivity contribution is -0.167. The highest BCUT2D eigenvalue weighted by atomic mass is 16.6. The second-order valence-electron chi connectivity index (χ2n) is 24.1. The molecule has 0 aliphatic carbocycles. The van der Waals surface area contributed by atoms with Crippen LogP contribution >= 0.6 is 0 Å². The maximum Gasteiger partial charge on any atom is 0.306 e. The molecule has 6 nitrogen and oxygen atoms in total. The van der Waals surface area contributed by atoms with Gasteiger partial charge in [-0.05, 0) is 116 Å². The van der Waals surface area contributed by atoms with Crippen LogP contribution in [0.2, 0.25) is 0 Å². The van der Waals surface area contributed by atoms with Crippen molar-refractivity contribution in [2.75, 3.05) is 13.2 Å². The van der Waals surface area contributed by atoms with Crippen LogP contribution in [0.1, 0.15) is 367 Å². The SMILES string of the molecule is CC/C=C\C/C=C\C/C=C\C/C=C\C/C=C\CCCCCCCCCC(=O)OC(COC(=O)CCCCCCC/C=C\CCCCCCCC)COC(=O)CCCCCCCCCCCCCCCCC/C=C\CCCCCCCCCC. The van der Waals surface area contributed by atoms with Crippen molar-refractivity contribution in [1.29, 1.82) is 0 Å². The largest absolute Gasteiger partial charge is 0.462 e. The summed E-state index contributed by atoms with van der Waals surface area (Å²) in [7, 11) is 0. The zero-order valence-corrected chi connectivity index (χ0v) is 55.2. The van der Waals surface area contributed by atoms with E-state index in [1.54, 1.807) is 0 Å². The lowest BCUT2D eigenvalue weighted by Crippen LogP contribution is -2.30. The highest BCUT2D eigenvalue weighted by Crippen LogP contribution is 2.17. The molecule has 0 spiro atoms. The van der Waals surface area contributed by atoms with Crippen molar-refractivity contribution in [2.24, 2.45) is 0 Å². The third-order valence-electron chi connectivity index (χ3n) is 15.9. The average molecular weight is 1160 g/mol. The van der Waals surface area contributed by atoms with Gasteiger partial charge in [-0.1, -0.05) is 318 Å². The van der Waals surface area contributed by atoms with Gasteiger partial charge in [0.2, 0.25) is 0 Å². The molecule has 0 N–H and O–H groups in total. The Morgan fingerprint density at radius 3 is 0.747 bits per heavy atom. The lowest BCUT2D eigenvalue weighted by atomic mass is 10.0. The Morgan fingerprint density at radius 2 is 0.470 bits per heavy atom. The van der Waals surface area contributed by atoms with E-state index in [1.807, 2.05) is 0 Å². The van der Waals surface area contributed by atoms with Crippen LogP contribution in [0.15, 0.2) is 85.1 Å². The van der Waals surface area contributed by atoms with E-state index in [-0.39, 0.29) is 31.1 Å². The van der Waals surface area contributed by atoms with E-state index >= 15 is 0 Å². The second kappa shape index (κ2) is 71.1. The van der Waals surface area contributed by atoms with Gasteiger partial charge in [0, 0.05) is 19.3 Å². The molecule has 0 aliphatic rings. The van der Waals surface area contributed by atoms with E-state index in [0.717, 1.165) is 103 Å². The average Bonchev–Trinajstić information content (AvgIpc) is 3.49. The minimum atomic E-state index is -0.788. The van der Waals surface area contributed by atoms with Gasteiger partial charge in [-0.15, -0.1) is 0 Å². The molecule has 0 aromatic rings. The first-order chi connectivity index (χ1) is 41.0. The second-order valence-corrected chi connectivity index (χ2v) is 24.1. The number of hydrogen-bond acceptors (Lipinski definition) is 6. The fraction of sp³-hybridized carbons (Fsp3) is 0.779. The number of unbranched alkanes of at least 4 members (excludes halogenated alkanes) is 41. The van der Waals surface area contributed by atoms with E-state index in [9.17, 15) is 14.4 Å². The number of carbonyl (C=O) groups excluding carboxylic acids is 3. The minimum Gasteiger partial charge on any atom is -0.462 e. The molecule has 0 aliphatic heterocycles. The van der Waals surface area contributed by atoms with Crippen LogP contribution in [-0.4, -0.2) is 37.2 Å². The van der Waals surface area contributed by atoms with Gasteiger partial charge >= 0.3 is 17.9 Å². The van der Waals surface area contributed by atoms with E-state index in [0.29, 0.717) is 19.3 Å². The first-order valence-electron chi connectivity index (χ1n) is 36.1. The van der Waals surface area contributed by atoms with Gasteiger partial charge in [0.25, 0.3) is 0 Å². The van der Waals surface area contributed by atoms with Gasteiger partial charge in [-0.3, -0.25) is 14.4 Å². The Labute approximate surface area is 515 Å². The third-order valence-corrected chi connectivity index (χ3v) is 15.9. The standard InChI is InChI=1S/C77H136O6/c1-4-7-10-13-16-19-22-25-28-30-32-34-36-37-38-39-41-42-44-46-49-52-55-58-61-64-67-70-76(79)82-73-74(72-81-75(78)69-66-63-60-57-54-51-48-27-24-21-18-15-12-9-6-3)83-77(80)71-68-65-62-59-56-53-50-47-45-43-40-35-33-31-29-26-23-20-17-14-11-8-5-2/h8,11,17,20,26-27,29-30,32-33,35,43,45,48,74H,4-7,9-10,12-16,18-19,21-25,28,31,34,36-42,44,46-47,49-73H2,1-3H3/b11-8-,20-17-,29-26-,32-30-,35-33-,45-43-,48-27-. The maximum atomic E-state index is 13.0. The molecule has 1 atom stereocenters. The van der Waals surface area contributed by atoms with Crippen LogP contribution in [0.25, 0.3) is 0 Å². The quantitative estimate of drug-likeness (QED) is 0.0261. The zero-order valence-electron chi connectivity index (χ0n) is 55.2. The summed E-state index contributed by atoms with van der Waals surface area (Å²) in [5.41, 5.74) is 0. The van der Waals surface area contributed by atoms with Crippen LogP contribution in [-0.2, 0) is 28.6 Å². The van der Waals surface area contributed by atoms with Crippen molar-refractivity contribution in [1.82, 2.24) is 0 Å². The van der Waals surface area contributed by atoms with Crippen molar-refractivity contribution in [3.05, 3.63) is 85.1 Å². The molecule has 0 fully saturated rings. The Bertz CT molecular complexity index is 1570. The van der Waals surface area contributed by atoms with Crippen molar-refractivity contribution >= 4 is 17.9 Å². The van der Waals surface area contributed by atoms with Gasteiger partial charge in [0.05, 0.1) is 0 Å². The number of hydrogen-bond donors (Lipinski definition) is 0. The molecule has 480 valence electrons. The Balaban J connectivity index is 4.31. The first-order valence-corrected chi connectivity index (χ1v) is 36.1. The molecular formula is C77H136O6. The molecule has 83 heavy (non-hydrogen) atoms. The summed E-state index contributed by atoms with van der Waals surface area (Å²) >= 11 is 0. The normalized spacial score (nSPS) is 12.6. The molecule has 0 radical (unpaired) electrons. The minimum absolute atomic E-state index is 0.0811. The molecule has 0 bridgehead atoms. The molecule has 0 heterocycles. The monoisotopic (exact) mass is 1160 g/mol. The van der Waals surface area contributed by atoms with Gasteiger partial charge in [-0.2, -0.15) is 0 Å². The lowest BCUT2D eigenvalue weighted by Gasteiger charge is -2.18. The topological polar surface area (TPSA) is 78.9 Å². The Morgan fingerprint density at radius 1 is 0.253 bits per heavy atom. The van der Waals surface area contributed by atoms with Crippen LogP contribution < -0.4 is 0 Å². The Hall–Kier alpha value is -3.41. The van der Waals surface area contributed by atoms with E-state index < -0.39 is 6.10 Å². The fourth-order valence-corrected chi connectivity index (χ4v) is 10.5. The number of ether oxygens (including phenoxy) is 3. The van der Waals surface area contributed by atoms with Crippen molar-refractivity contribution in [2.45, 2.75) is 374 Å². The van der Waals surface area contributed by atoms with Crippen LogP contribution in [0.4, 0.5) is 0 Å². The third kappa shape index (κ3) is 69.3. The molecule has 1 unspecified atom stereocenters. The molecule has 0 amide bonds. The van der Waals surface area contributed by atoms with Gasteiger partial charge in [-0.25, -0.2) is 0 Å². The maximum absolute atomic E-state index is 13.0. The summed E-state index contributed by atoms with van der Waals surface area (Å²) < 4.78 is 17.0. The molecule has 0 saturated carbocycles. The highest BCUT2D eigenvalue weighted by Gasteiger charge is 2.19. The number of carbonyl (C=O) groups is 3. The van der Waals surface area contributed by atoms with Crippen LogP contribution in [0.3, 0.4) is 0 Å². The predicted octanol–water partition coefficient (Wildman–Crippen LogP) is 25.0. The zero-order chi connectivity index (χ0) is 59.9. The number of esters is 3. The summed E-state index contributed by atoms with van der Waals surface area (Å²) in [6.45, 7) is 6.56. The van der Waals surface area contributed by atoms with Crippen LogP contribution in [0.5, 0.6) is 0 Å². The van der Waals surface area contributed by atoms with Crippen molar-refractivity contribution in [3.63, 3.8) is 0 Å². The van der Waals surface area contributed by atoms with E-state index in [4.69, 9.17) is 14.2 Å². The molecule has 0 rings (SSSR count). The highest BCUT2D eigenvalue weighted by molar-refractivity contribution is 5.71. The summed E-state index contributed by atoms with van der Waals surface area (Å²) in [4.78, 5) is 38.5. The molecule has 0 saturated heterocycles. The molecule has 6 heteroatoms. The summed E-state index contributed by atoms with van der Waals surface area (Å²) in [5, 5.41) is 0. The van der Waals surface area contributed by atoms with Gasteiger partial charge in [0.15, 0.2) is 6.10 Å². The first kappa shape index (κ1) is 79.6. The van der Waals surface area contributed by atoms with Gasteiger partial charge in [0.1, 0.15) is 13.2 Å². The van der Waals surface area contributed by atoms with Gasteiger partial charge < -0.3 is 14.2 Å². The molecular weight excluding hydrogens is 1020 g/mol. The fourth-order valence-electron chi connectivity index (χ4n) is 10.5. The molecule has 0 aromatic carbocycles.